The fraction of sp³-hybridized carbons (Fsp3) is 0.385. The van der Waals surface area contributed by atoms with Gasteiger partial charge >= 0.3 is 0 Å². The number of nitrogens with one attached hydrogen (secondary N) is 1. The number of nitrogens with zero attached hydrogens (tertiary/aromatic N) is 2. The summed E-state index contributed by atoms with van der Waals surface area (Å²) in [5.74, 6) is 0.941. The number of anilines is 1. The summed E-state index contributed by atoms with van der Waals surface area (Å²) in [5, 5.41) is 4.01. The largest absolute Gasteiger partial charge is 0.354 e. The molecule has 5 heteroatoms. The second-order valence-corrected chi connectivity index (χ2v) is 5.29. The van der Waals surface area contributed by atoms with Gasteiger partial charge in [-0.3, -0.25) is 0 Å². The maximum Gasteiger partial charge on any atom is 0.203 e. The first-order chi connectivity index (χ1) is 8.56. The summed E-state index contributed by atoms with van der Waals surface area (Å²) in [7, 11) is 0. The Balaban J connectivity index is 2.08. The maximum absolute atomic E-state index is 13.1. The predicted octanol–water partition coefficient (Wildman–Crippen LogP) is 3.97. The molecule has 2 rings (SSSR count). The van der Waals surface area contributed by atoms with Gasteiger partial charge in [0.05, 0.1) is 6.04 Å². The van der Waals surface area contributed by atoms with Crippen molar-refractivity contribution in [3.8, 4) is 0 Å². The topological polar surface area (TPSA) is 37.8 Å². The number of hydrogen-bond donors (Lipinski definition) is 1. The highest BCUT2D eigenvalue weighted by molar-refractivity contribution is 7.09. The highest BCUT2D eigenvalue weighted by Gasteiger charge is 2.11. The number of benzene rings is 1. The Morgan fingerprint density at radius 3 is 2.67 bits per heavy atom. The molecule has 0 bridgehead atoms. The summed E-state index contributed by atoms with van der Waals surface area (Å²) in [6, 6.07) is 6.59. The minimum atomic E-state index is -0.221. The van der Waals surface area contributed by atoms with Crippen LogP contribution in [0, 0.1) is 5.82 Å². The van der Waals surface area contributed by atoms with E-state index in [0.29, 0.717) is 5.92 Å². The predicted molar refractivity (Wildman–Crippen MR) is 72.4 cm³/mol. The Morgan fingerprint density at radius 2 is 2.06 bits per heavy atom. The van der Waals surface area contributed by atoms with Gasteiger partial charge in [-0.2, -0.15) is 4.37 Å². The van der Waals surface area contributed by atoms with Crippen molar-refractivity contribution >= 4 is 16.7 Å². The quantitative estimate of drug-likeness (QED) is 0.908. The summed E-state index contributed by atoms with van der Waals surface area (Å²) >= 11 is 1.34. The van der Waals surface area contributed by atoms with Gasteiger partial charge in [0.25, 0.3) is 0 Å². The maximum atomic E-state index is 13.1. The van der Waals surface area contributed by atoms with Crippen LogP contribution in [-0.2, 0) is 0 Å². The van der Waals surface area contributed by atoms with E-state index in [1.807, 2.05) is 13.0 Å². The molecule has 1 unspecified atom stereocenters. The van der Waals surface area contributed by atoms with Crippen LogP contribution in [0.2, 0.25) is 0 Å². The lowest BCUT2D eigenvalue weighted by atomic mass is 10.1. The summed E-state index contributed by atoms with van der Waals surface area (Å²) in [4.78, 5) is 4.40. The van der Waals surface area contributed by atoms with Crippen molar-refractivity contribution in [3.63, 3.8) is 0 Å². The van der Waals surface area contributed by atoms with Gasteiger partial charge in [-0.15, -0.1) is 0 Å². The third-order valence-electron chi connectivity index (χ3n) is 2.65. The fourth-order valence-corrected chi connectivity index (χ4v) is 2.37. The first-order valence-corrected chi connectivity index (χ1v) is 6.69. The van der Waals surface area contributed by atoms with Gasteiger partial charge < -0.3 is 5.32 Å². The Kier molecular flexibility index (Phi) is 3.91. The lowest BCUT2D eigenvalue weighted by Gasteiger charge is -2.12. The Labute approximate surface area is 110 Å². The lowest BCUT2D eigenvalue weighted by Crippen LogP contribution is -2.06. The van der Waals surface area contributed by atoms with Crippen LogP contribution in [-0.4, -0.2) is 9.36 Å². The van der Waals surface area contributed by atoms with Gasteiger partial charge in [0.15, 0.2) is 0 Å². The van der Waals surface area contributed by atoms with Crippen molar-refractivity contribution in [1.82, 2.24) is 9.36 Å². The highest BCUT2D eigenvalue weighted by Crippen LogP contribution is 2.23. The molecule has 0 aliphatic carbocycles. The lowest BCUT2D eigenvalue weighted by molar-refractivity contribution is 0.623. The molecular weight excluding hydrogens is 249 g/mol. The van der Waals surface area contributed by atoms with Gasteiger partial charge in [-0.05, 0) is 24.6 Å². The zero-order valence-corrected chi connectivity index (χ0v) is 11.5. The van der Waals surface area contributed by atoms with Crippen LogP contribution in [0.3, 0.4) is 0 Å². The molecule has 0 spiro atoms. The molecule has 2 aromatic rings. The third-order valence-corrected chi connectivity index (χ3v) is 3.31. The van der Waals surface area contributed by atoms with Crippen molar-refractivity contribution in [2.45, 2.75) is 32.7 Å². The minimum Gasteiger partial charge on any atom is -0.354 e. The molecule has 18 heavy (non-hydrogen) atoms. The monoisotopic (exact) mass is 265 g/mol. The Hall–Kier alpha value is -1.49. The van der Waals surface area contributed by atoms with Crippen molar-refractivity contribution in [2.75, 3.05) is 5.32 Å². The number of rotatable bonds is 4. The van der Waals surface area contributed by atoms with E-state index in [2.05, 4.69) is 28.5 Å². The summed E-state index contributed by atoms with van der Waals surface area (Å²) < 4.78 is 17.4. The van der Waals surface area contributed by atoms with Crippen LogP contribution >= 0.6 is 11.5 Å². The first-order valence-electron chi connectivity index (χ1n) is 5.92. The molecule has 0 fully saturated rings. The molecule has 3 nitrogen and oxygen atoms in total. The van der Waals surface area contributed by atoms with Crippen LogP contribution < -0.4 is 5.32 Å². The third kappa shape index (κ3) is 3.04. The summed E-state index contributed by atoms with van der Waals surface area (Å²) in [5.41, 5.74) is 0.899. The van der Waals surface area contributed by atoms with Gasteiger partial charge in [0.1, 0.15) is 11.6 Å². The number of aromatic nitrogens is 2. The smallest absolute Gasteiger partial charge is 0.203 e. The average Bonchev–Trinajstić information content (AvgIpc) is 2.77. The standard InChI is InChI=1S/C13H16FN3S/c1-8(2)12-16-13(18-17-12)15-9(3)10-5-4-6-11(14)7-10/h4-9H,1-3H3,(H,15,16,17). The highest BCUT2D eigenvalue weighted by atomic mass is 32.1. The van der Waals surface area contributed by atoms with E-state index >= 15 is 0 Å². The van der Waals surface area contributed by atoms with Gasteiger partial charge in [-0.1, -0.05) is 26.0 Å². The van der Waals surface area contributed by atoms with E-state index in [4.69, 9.17) is 0 Å². The molecular formula is C13H16FN3S. The number of hydrogen-bond acceptors (Lipinski definition) is 4. The van der Waals surface area contributed by atoms with Crippen LogP contribution in [0.4, 0.5) is 9.52 Å². The van der Waals surface area contributed by atoms with Gasteiger partial charge in [0, 0.05) is 17.5 Å². The molecule has 0 amide bonds. The molecule has 0 aliphatic rings. The molecule has 0 saturated heterocycles. The zero-order chi connectivity index (χ0) is 13.1. The van der Waals surface area contributed by atoms with Crippen molar-refractivity contribution in [2.24, 2.45) is 0 Å². The van der Waals surface area contributed by atoms with E-state index in [-0.39, 0.29) is 11.9 Å². The summed E-state index contributed by atoms with van der Waals surface area (Å²) in [6.45, 7) is 6.09. The van der Waals surface area contributed by atoms with Crippen LogP contribution in [0.1, 0.15) is 44.1 Å². The molecule has 1 aromatic heterocycles. The van der Waals surface area contributed by atoms with E-state index in [0.717, 1.165) is 16.5 Å². The second kappa shape index (κ2) is 5.44. The van der Waals surface area contributed by atoms with E-state index in [1.54, 1.807) is 6.07 Å². The molecule has 0 saturated carbocycles. The molecule has 1 aromatic carbocycles. The Morgan fingerprint density at radius 1 is 1.28 bits per heavy atom. The fourth-order valence-electron chi connectivity index (χ4n) is 1.57. The molecule has 0 radical (unpaired) electrons. The summed E-state index contributed by atoms with van der Waals surface area (Å²) in [6.07, 6.45) is 0. The van der Waals surface area contributed by atoms with E-state index in [9.17, 15) is 4.39 Å². The number of halogens is 1. The molecule has 0 aliphatic heterocycles. The average molecular weight is 265 g/mol. The van der Waals surface area contributed by atoms with Crippen LogP contribution in [0.15, 0.2) is 24.3 Å². The first kappa shape index (κ1) is 13.0. The normalized spacial score (nSPS) is 12.7. The van der Waals surface area contributed by atoms with Crippen molar-refractivity contribution < 1.29 is 4.39 Å². The zero-order valence-electron chi connectivity index (χ0n) is 10.6. The second-order valence-electron chi connectivity index (χ2n) is 4.53. The van der Waals surface area contributed by atoms with E-state index in [1.165, 1.54) is 23.7 Å². The van der Waals surface area contributed by atoms with Crippen LogP contribution in [0.25, 0.3) is 0 Å². The molecule has 1 N–H and O–H groups in total. The van der Waals surface area contributed by atoms with Crippen molar-refractivity contribution in [3.05, 3.63) is 41.5 Å². The van der Waals surface area contributed by atoms with Gasteiger partial charge in [0.2, 0.25) is 5.13 Å². The Bertz CT molecular complexity index is 524. The van der Waals surface area contributed by atoms with Gasteiger partial charge in [-0.25, -0.2) is 9.37 Å². The molecule has 1 heterocycles. The minimum absolute atomic E-state index is 0.00802. The SMILES string of the molecule is CC(C)c1nsc(NC(C)c2cccc(F)c2)n1. The van der Waals surface area contributed by atoms with Crippen molar-refractivity contribution in [1.29, 1.82) is 0 Å². The molecule has 1 atom stereocenters. The van der Waals surface area contributed by atoms with Crippen LogP contribution in [0.5, 0.6) is 0 Å². The van der Waals surface area contributed by atoms with E-state index < -0.39 is 0 Å². The molecule has 96 valence electrons.